The SMILES string of the molecule is C.C/C=C(/c1ccn2nccc2c1)c1c(C)nc(N)nc1C.FC(F)CC1CCCCC1. The number of allylic oxidation sites excluding steroid dienone is 1. The summed E-state index contributed by atoms with van der Waals surface area (Å²) >= 11 is 0. The number of hydrogen-bond donors (Lipinski definition) is 1. The van der Waals surface area contributed by atoms with Gasteiger partial charge in [-0.3, -0.25) is 0 Å². The molecule has 32 heavy (non-hydrogen) atoms. The Morgan fingerprint density at radius 3 is 2.41 bits per heavy atom. The lowest BCUT2D eigenvalue weighted by Crippen LogP contribution is -2.09. The number of aryl methyl sites for hydroxylation is 2. The topological polar surface area (TPSA) is 69.1 Å². The number of anilines is 1. The number of nitrogens with two attached hydrogens (primary N) is 1. The molecule has 0 unspecified atom stereocenters. The summed E-state index contributed by atoms with van der Waals surface area (Å²) in [5.41, 5.74) is 11.8. The van der Waals surface area contributed by atoms with Gasteiger partial charge in [-0.2, -0.15) is 5.10 Å². The standard InChI is InChI=1S/C16H17N5.C8H14F2.CH4/c1-4-14(15-10(2)19-16(17)20-11(15)3)12-6-8-21-13(9-12)5-7-18-21;9-8(10)6-7-4-2-1-3-5-7;/h4-9H,1-3H3,(H2,17,19,20);7-8H,1-6H2;1H4/b14-4-;;. The number of nitrogen functional groups attached to an aromatic ring is 1. The Hall–Kier alpha value is -2.83. The number of rotatable bonds is 4. The van der Waals surface area contributed by atoms with Gasteiger partial charge >= 0.3 is 0 Å². The minimum absolute atomic E-state index is 0. The second-order valence-corrected chi connectivity index (χ2v) is 8.08. The van der Waals surface area contributed by atoms with E-state index in [0.29, 0.717) is 11.9 Å². The van der Waals surface area contributed by atoms with Crippen LogP contribution in [0.1, 0.15) is 75.4 Å². The van der Waals surface area contributed by atoms with E-state index >= 15 is 0 Å². The van der Waals surface area contributed by atoms with E-state index < -0.39 is 6.43 Å². The van der Waals surface area contributed by atoms with Crippen LogP contribution in [0, 0.1) is 19.8 Å². The number of halogens is 2. The number of alkyl halides is 2. The summed E-state index contributed by atoms with van der Waals surface area (Å²) in [6, 6.07) is 6.14. The molecule has 3 heterocycles. The van der Waals surface area contributed by atoms with Gasteiger partial charge in [0.05, 0.1) is 16.9 Å². The summed E-state index contributed by atoms with van der Waals surface area (Å²) in [6.45, 7) is 5.94. The first-order valence-electron chi connectivity index (χ1n) is 10.9. The molecule has 2 N–H and O–H groups in total. The molecule has 1 aliphatic rings. The highest BCUT2D eigenvalue weighted by molar-refractivity contribution is 5.83. The molecule has 0 saturated heterocycles. The summed E-state index contributed by atoms with van der Waals surface area (Å²) in [5, 5.41) is 4.22. The van der Waals surface area contributed by atoms with E-state index in [2.05, 4.69) is 27.2 Å². The van der Waals surface area contributed by atoms with E-state index in [9.17, 15) is 8.78 Å². The maximum absolute atomic E-state index is 11.8. The van der Waals surface area contributed by atoms with Gasteiger partial charge < -0.3 is 5.73 Å². The fraction of sp³-hybridized carbons (Fsp3) is 0.480. The Kier molecular flexibility index (Phi) is 9.29. The minimum atomic E-state index is -2.08. The Balaban J connectivity index is 0.000000280. The summed E-state index contributed by atoms with van der Waals surface area (Å²) < 4.78 is 25.5. The maximum Gasteiger partial charge on any atom is 0.238 e. The molecule has 5 nitrogen and oxygen atoms in total. The first kappa shape index (κ1) is 25.4. The number of hydrogen-bond acceptors (Lipinski definition) is 4. The van der Waals surface area contributed by atoms with Gasteiger partial charge in [0.25, 0.3) is 0 Å². The molecule has 1 saturated carbocycles. The molecular weight excluding hydrogens is 408 g/mol. The van der Waals surface area contributed by atoms with Crippen molar-refractivity contribution in [1.82, 2.24) is 19.6 Å². The van der Waals surface area contributed by atoms with E-state index in [1.165, 1.54) is 6.42 Å². The van der Waals surface area contributed by atoms with E-state index in [-0.39, 0.29) is 13.8 Å². The van der Waals surface area contributed by atoms with Crippen molar-refractivity contribution < 1.29 is 8.78 Å². The van der Waals surface area contributed by atoms with Crippen LogP contribution in [-0.4, -0.2) is 26.0 Å². The van der Waals surface area contributed by atoms with Crippen molar-refractivity contribution in [2.24, 2.45) is 5.92 Å². The Morgan fingerprint density at radius 1 is 1.16 bits per heavy atom. The van der Waals surface area contributed by atoms with Crippen molar-refractivity contribution >= 4 is 17.0 Å². The lowest BCUT2D eigenvalue weighted by Gasteiger charge is -2.20. The van der Waals surface area contributed by atoms with Crippen molar-refractivity contribution in [1.29, 1.82) is 0 Å². The predicted octanol–water partition coefficient (Wildman–Crippen LogP) is 6.63. The van der Waals surface area contributed by atoms with Crippen LogP contribution in [0.4, 0.5) is 14.7 Å². The minimum Gasteiger partial charge on any atom is -0.368 e. The monoisotopic (exact) mass is 443 g/mol. The Morgan fingerprint density at radius 2 is 1.81 bits per heavy atom. The molecule has 0 aromatic carbocycles. The maximum atomic E-state index is 11.8. The zero-order chi connectivity index (χ0) is 22.4. The average molecular weight is 444 g/mol. The zero-order valence-corrected chi connectivity index (χ0v) is 18.5. The van der Waals surface area contributed by atoms with Gasteiger partial charge in [-0.1, -0.05) is 45.6 Å². The smallest absolute Gasteiger partial charge is 0.238 e. The van der Waals surface area contributed by atoms with Crippen LogP contribution in [0.2, 0.25) is 0 Å². The van der Waals surface area contributed by atoms with E-state index in [1.54, 1.807) is 6.20 Å². The fourth-order valence-electron chi connectivity index (χ4n) is 4.35. The average Bonchev–Trinajstić information content (AvgIpc) is 3.19. The van der Waals surface area contributed by atoms with Gasteiger partial charge in [0, 0.05) is 24.4 Å². The molecule has 3 aromatic heterocycles. The van der Waals surface area contributed by atoms with Crippen LogP contribution in [0.15, 0.2) is 36.7 Å². The van der Waals surface area contributed by atoms with Gasteiger partial charge in [-0.25, -0.2) is 23.3 Å². The van der Waals surface area contributed by atoms with Gasteiger partial charge in [0.1, 0.15) is 0 Å². The third-order valence-corrected chi connectivity index (χ3v) is 5.79. The third kappa shape index (κ3) is 6.34. The molecule has 0 radical (unpaired) electrons. The molecule has 0 aliphatic heterocycles. The first-order chi connectivity index (χ1) is 14.9. The van der Waals surface area contributed by atoms with Crippen LogP contribution >= 0.6 is 0 Å². The highest BCUT2D eigenvalue weighted by Gasteiger charge is 2.17. The molecule has 0 bridgehead atoms. The molecule has 4 rings (SSSR count). The second-order valence-electron chi connectivity index (χ2n) is 8.08. The van der Waals surface area contributed by atoms with Gasteiger partial charge in [-0.15, -0.1) is 0 Å². The molecule has 1 aliphatic carbocycles. The number of aromatic nitrogens is 4. The zero-order valence-electron chi connectivity index (χ0n) is 18.5. The molecule has 174 valence electrons. The number of fused-ring (bicyclic) bond motifs is 1. The third-order valence-electron chi connectivity index (χ3n) is 5.79. The summed E-state index contributed by atoms with van der Waals surface area (Å²) in [4.78, 5) is 8.58. The quantitative estimate of drug-likeness (QED) is 0.491. The van der Waals surface area contributed by atoms with Gasteiger partial charge in [0.15, 0.2) is 0 Å². The van der Waals surface area contributed by atoms with Crippen LogP contribution in [0.3, 0.4) is 0 Å². The normalized spacial score (nSPS) is 14.8. The van der Waals surface area contributed by atoms with Crippen LogP contribution < -0.4 is 5.73 Å². The molecule has 1 fully saturated rings. The van der Waals surface area contributed by atoms with Crippen molar-refractivity contribution in [3.05, 3.63) is 59.2 Å². The highest BCUT2D eigenvalue weighted by atomic mass is 19.3. The molecule has 3 aromatic rings. The lowest BCUT2D eigenvalue weighted by atomic mass is 9.87. The fourth-order valence-corrected chi connectivity index (χ4v) is 4.35. The molecule has 0 spiro atoms. The van der Waals surface area contributed by atoms with E-state index in [4.69, 9.17) is 5.73 Å². The number of pyridine rings is 1. The van der Waals surface area contributed by atoms with Crippen molar-refractivity contribution in [3.8, 4) is 0 Å². The summed E-state index contributed by atoms with van der Waals surface area (Å²) in [7, 11) is 0. The predicted molar refractivity (Wildman–Crippen MR) is 128 cm³/mol. The van der Waals surface area contributed by atoms with Gasteiger partial charge in [0.2, 0.25) is 12.4 Å². The molecule has 0 amide bonds. The van der Waals surface area contributed by atoms with Crippen molar-refractivity contribution in [3.63, 3.8) is 0 Å². The van der Waals surface area contributed by atoms with Gasteiger partial charge in [-0.05, 0) is 56.0 Å². The molecular formula is C25H35F2N5. The van der Waals surface area contributed by atoms with Crippen LogP contribution in [0.25, 0.3) is 11.1 Å². The molecule has 0 atom stereocenters. The summed E-state index contributed by atoms with van der Waals surface area (Å²) in [6.07, 6.45) is 9.53. The highest BCUT2D eigenvalue weighted by Crippen LogP contribution is 2.29. The van der Waals surface area contributed by atoms with E-state index in [0.717, 1.165) is 59.3 Å². The number of nitrogens with zero attached hydrogens (tertiary/aromatic N) is 4. The van der Waals surface area contributed by atoms with Crippen molar-refractivity contribution in [2.45, 2.75) is 73.1 Å². The van der Waals surface area contributed by atoms with Crippen LogP contribution in [0.5, 0.6) is 0 Å². The summed E-state index contributed by atoms with van der Waals surface area (Å²) in [5.74, 6) is 0.643. The molecule has 7 heteroatoms. The second kappa shape index (κ2) is 11.7. The lowest BCUT2D eigenvalue weighted by molar-refractivity contribution is 0.104. The van der Waals surface area contributed by atoms with Crippen LogP contribution in [-0.2, 0) is 0 Å². The Labute approximate surface area is 189 Å². The van der Waals surface area contributed by atoms with Crippen molar-refractivity contribution in [2.75, 3.05) is 5.73 Å². The van der Waals surface area contributed by atoms with E-state index in [1.807, 2.05) is 43.6 Å². The largest absolute Gasteiger partial charge is 0.368 e. The Bertz CT molecular complexity index is 1010. The first-order valence-corrected chi connectivity index (χ1v) is 10.9.